The van der Waals surface area contributed by atoms with Gasteiger partial charge >= 0.3 is 6.18 Å². The van der Waals surface area contributed by atoms with Crippen molar-refractivity contribution in [2.24, 2.45) is 0 Å². The first-order valence-corrected chi connectivity index (χ1v) is 7.35. The molecule has 2 rings (SSSR count). The summed E-state index contributed by atoms with van der Waals surface area (Å²) in [6.45, 7) is 10.7. The minimum Gasteiger partial charge on any atom is -0.246 e. The zero-order valence-electron chi connectivity index (χ0n) is 12.9. The molecule has 21 heavy (non-hydrogen) atoms. The second-order valence-electron chi connectivity index (χ2n) is 7.13. The molecular formula is C14H18F3N3S. The highest BCUT2D eigenvalue weighted by molar-refractivity contribution is 7.13. The second kappa shape index (κ2) is 4.63. The van der Waals surface area contributed by atoms with E-state index in [-0.39, 0.29) is 5.56 Å². The SMILES string of the molecule is CC(C)(C)c1c(C(F)(F)F)nc(C(C)(C)C)c2snnc12. The Morgan fingerprint density at radius 2 is 1.43 bits per heavy atom. The van der Waals surface area contributed by atoms with Gasteiger partial charge in [0.2, 0.25) is 0 Å². The van der Waals surface area contributed by atoms with Crippen LogP contribution in [0.3, 0.4) is 0 Å². The van der Waals surface area contributed by atoms with Crippen LogP contribution in [0.25, 0.3) is 10.2 Å². The molecule has 0 fully saturated rings. The van der Waals surface area contributed by atoms with Crippen LogP contribution in [0.1, 0.15) is 58.5 Å². The van der Waals surface area contributed by atoms with E-state index in [2.05, 4.69) is 14.6 Å². The first kappa shape index (κ1) is 16.1. The highest BCUT2D eigenvalue weighted by Gasteiger charge is 2.42. The maximum Gasteiger partial charge on any atom is 0.433 e. The number of pyridine rings is 1. The second-order valence-corrected chi connectivity index (χ2v) is 7.89. The summed E-state index contributed by atoms with van der Waals surface area (Å²) in [6.07, 6.45) is -4.51. The highest BCUT2D eigenvalue weighted by Crippen LogP contribution is 2.43. The van der Waals surface area contributed by atoms with Gasteiger partial charge in [-0.25, -0.2) is 4.98 Å². The predicted molar refractivity (Wildman–Crippen MR) is 77.6 cm³/mol. The van der Waals surface area contributed by atoms with E-state index in [0.29, 0.717) is 15.9 Å². The fourth-order valence-electron chi connectivity index (χ4n) is 2.26. The summed E-state index contributed by atoms with van der Waals surface area (Å²) in [5.41, 5.74) is -1.25. The van der Waals surface area contributed by atoms with E-state index in [4.69, 9.17) is 0 Å². The number of rotatable bonds is 0. The lowest BCUT2D eigenvalue weighted by Gasteiger charge is -2.27. The molecule has 2 aromatic rings. The Morgan fingerprint density at radius 3 is 1.86 bits per heavy atom. The van der Waals surface area contributed by atoms with E-state index in [1.165, 1.54) is 0 Å². The lowest BCUT2D eigenvalue weighted by atomic mass is 9.82. The van der Waals surface area contributed by atoms with Crippen LogP contribution in [-0.2, 0) is 17.0 Å². The third-order valence-corrected chi connectivity index (χ3v) is 3.86. The summed E-state index contributed by atoms with van der Waals surface area (Å²) in [7, 11) is 0. The number of alkyl halides is 3. The zero-order valence-corrected chi connectivity index (χ0v) is 13.7. The molecule has 0 atom stereocenters. The van der Waals surface area contributed by atoms with E-state index in [1.807, 2.05) is 20.8 Å². The molecule has 0 spiro atoms. The van der Waals surface area contributed by atoms with Crippen LogP contribution >= 0.6 is 11.5 Å². The van der Waals surface area contributed by atoms with Gasteiger partial charge in [-0.05, 0) is 16.9 Å². The Kier molecular flexibility index (Phi) is 3.56. The number of aromatic nitrogens is 3. The van der Waals surface area contributed by atoms with E-state index >= 15 is 0 Å². The van der Waals surface area contributed by atoms with Gasteiger partial charge in [0.1, 0.15) is 5.52 Å². The van der Waals surface area contributed by atoms with E-state index < -0.39 is 22.7 Å². The normalized spacial score (nSPS) is 14.0. The molecule has 0 unspecified atom stereocenters. The predicted octanol–water partition coefficient (Wildman–Crippen LogP) is 4.70. The molecule has 0 radical (unpaired) electrons. The van der Waals surface area contributed by atoms with Crippen molar-refractivity contribution in [1.82, 2.24) is 14.6 Å². The molecule has 0 N–H and O–H groups in total. The van der Waals surface area contributed by atoms with Crippen LogP contribution in [0.2, 0.25) is 0 Å². The minimum atomic E-state index is -4.51. The molecule has 2 aromatic heterocycles. The van der Waals surface area contributed by atoms with Crippen molar-refractivity contribution in [2.75, 3.05) is 0 Å². The summed E-state index contributed by atoms with van der Waals surface area (Å²) in [5, 5.41) is 3.96. The molecule has 0 amide bonds. The number of fused-ring (bicyclic) bond motifs is 1. The third kappa shape index (κ3) is 2.88. The average Bonchev–Trinajstić information content (AvgIpc) is 2.70. The van der Waals surface area contributed by atoms with Gasteiger partial charge in [0.05, 0.1) is 10.4 Å². The number of hydrogen-bond donors (Lipinski definition) is 0. The minimum absolute atomic E-state index is 0.117. The van der Waals surface area contributed by atoms with Gasteiger partial charge in [-0.2, -0.15) is 13.2 Å². The summed E-state index contributed by atoms with van der Waals surface area (Å²) >= 11 is 1.10. The van der Waals surface area contributed by atoms with Crippen molar-refractivity contribution in [3.05, 3.63) is 17.0 Å². The monoisotopic (exact) mass is 317 g/mol. The molecule has 0 saturated heterocycles. The molecule has 0 aliphatic carbocycles. The fourth-order valence-corrected chi connectivity index (χ4v) is 3.14. The zero-order chi connectivity index (χ0) is 16.2. The van der Waals surface area contributed by atoms with E-state index in [0.717, 1.165) is 11.5 Å². The van der Waals surface area contributed by atoms with Gasteiger partial charge < -0.3 is 0 Å². The van der Waals surface area contributed by atoms with Gasteiger partial charge in [0.25, 0.3) is 0 Å². The smallest absolute Gasteiger partial charge is 0.246 e. The molecule has 116 valence electrons. The Morgan fingerprint density at radius 1 is 0.857 bits per heavy atom. The molecule has 0 bridgehead atoms. The van der Waals surface area contributed by atoms with Crippen LogP contribution in [0.4, 0.5) is 13.2 Å². The van der Waals surface area contributed by atoms with Gasteiger partial charge in [-0.1, -0.05) is 46.0 Å². The molecule has 3 nitrogen and oxygen atoms in total. The van der Waals surface area contributed by atoms with Crippen molar-refractivity contribution >= 4 is 21.7 Å². The van der Waals surface area contributed by atoms with Crippen LogP contribution < -0.4 is 0 Å². The molecule has 0 saturated carbocycles. The maximum atomic E-state index is 13.5. The summed E-state index contributed by atoms with van der Waals surface area (Å²) in [4.78, 5) is 3.99. The van der Waals surface area contributed by atoms with Crippen LogP contribution in [-0.4, -0.2) is 14.6 Å². The summed E-state index contributed by atoms with van der Waals surface area (Å²) < 4.78 is 44.9. The lowest BCUT2D eigenvalue weighted by Crippen LogP contribution is -2.25. The van der Waals surface area contributed by atoms with Gasteiger partial charge in [0, 0.05) is 11.0 Å². The molecule has 0 aromatic carbocycles. The van der Waals surface area contributed by atoms with Crippen molar-refractivity contribution < 1.29 is 13.2 Å². The highest BCUT2D eigenvalue weighted by atomic mass is 32.1. The van der Waals surface area contributed by atoms with Crippen molar-refractivity contribution in [1.29, 1.82) is 0 Å². The van der Waals surface area contributed by atoms with Gasteiger partial charge in [0.15, 0.2) is 5.69 Å². The van der Waals surface area contributed by atoms with Crippen LogP contribution in [0.15, 0.2) is 0 Å². The van der Waals surface area contributed by atoms with Crippen molar-refractivity contribution in [3.63, 3.8) is 0 Å². The number of hydrogen-bond acceptors (Lipinski definition) is 4. The number of nitrogens with zero attached hydrogens (tertiary/aromatic N) is 3. The summed E-state index contributed by atoms with van der Waals surface area (Å²) in [5.74, 6) is 0. The van der Waals surface area contributed by atoms with Crippen LogP contribution in [0, 0.1) is 0 Å². The quantitative estimate of drug-likeness (QED) is 0.707. The Balaban J connectivity index is 2.99. The fraction of sp³-hybridized carbons (Fsp3) is 0.643. The van der Waals surface area contributed by atoms with Crippen LogP contribution in [0.5, 0.6) is 0 Å². The van der Waals surface area contributed by atoms with Gasteiger partial charge in [-0.3, -0.25) is 0 Å². The molecule has 0 aliphatic heterocycles. The first-order valence-electron chi connectivity index (χ1n) is 6.57. The first-order chi connectivity index (χ1) is 9.33. The van der Waals surface area contributed by atoms with Crippen molar-refractivity contribution in [2.45, 2.75) is 58.5 Å². The standard InChI is InChI=1S/C14H18F3N3S/c1-12(2,3)7-8-9(21-20-19-8)11(13(4,5)6)18-10(7)14(15,16)17/h1-6H3. The molecule has 7 heteroatoms. The molecular weight excluding hydrogens is 299 g/mol. The molecule has 2 heterocycles. The topological polar surface area (TPSA) is 38.7 Å². The Bertz CT molecular complexity index is 676. The lowest BCUT2D eigenvalue weighted by molar-refractivity contribution is -0.142. The Labute approximate surface area is 125 Å². The van der Waals surface area contributed by atoms with Gasteiger partial charge in [-0.15, -0.1) is 5.10 Å². The van der Waals surface area contributed by atoms with Crippen molar-refractivity contribution in [3.8, 4) is 0 Å². The molecule has 0 aliphatic rings. The third-order valence-electron chi connectivity index (χ3n) is 3.13. The average molecular weight is 317 g/mol. The van der Waals surface area contributed by atoms with E-state index in [9.17, 15) is 13.2 Å². The van der Waals surface area contributed by atoms with E-state index in [1.54, 1.807) is 20.8 Å². The Hall–Kier alpha value is -1.24. The number of halogens is 3. The largest absolute Gasteiger partial charge is 0.433 e. The maximum absolute atomic E-state index is 13.5. The summed E-state index contributed by atoms with van der Waals surface area (Å²) in [6, 6.07) is 0.